The summed E-state index contributed by atoms with van der Waals surface area (Å²) in [5, 5.41) is 8.13. The van der Waals surface area contributed by atoms with Crippen LogP contribution in [0.1, 0.15) is 11.4 Å². The molecule has 0 fully saturated rings. The van der Waals surface area contributed by atoms with Crippen LogP contribution in [0.25, 0.3) is 34.2 Å². The highest BCUT2D eigenvalue weighted by Crippen LogP contribution is 2.27. The molecule has 0 aliphatic carbocycles. The van der Waals surface area contributed by atoms with E-state index in [4.69, 9.17) is 4.52 Å². The monoisotopic (exact) mass is 404 g/mol. The summed E-state index contributed by atoms with van der Waals surface area (Å²) in [5.74, 6) is -0.731. The molecule has 9 heteroatoms. The van der Waals surface area contributed by atoms with Gasteiger partial charge >= 0.3 is 0 Å². The second-order valence-electron chi connectivity index (χ2n) is 6.73. The van der Waals surface area contributed by atoms with Gasteiger partial charge in [0.25, 0.3) is 5.89 Å². The minimum atomic E-state index is -0.967. The van der Waals surface area contributed by atoms with E-state index in [-0.39, 0.29) is 11.4 Å². The Morgan fingerprint density at radius 2 is 1.77 bits per heavy atom. The lowest BCUT2D eigenvalue weighted by Crippen LogP contribution is -2.05. The Labute approximate surface area is 169 Å². The van der Waals surface area contributed by atoms with Gasteiger partial charge < -0.3 is 4.52 Å². The van der Waals surface area contributed by atoms with Crippen molar-refractivity contribution in [1.29, 1.82) is 0 Å². The largest absolute Gasteiger partial charge is 0.334 e. The Morgan fingerprint density at radius 1 is 0.967 bits per heavy atom. The van der Waals surface area contributed by atoms with E-state index in [9.17, 15) is 8.78 Å². The molecule has 0 bridgehead atoms. The van der Waals surface area contributed by atoms with E-state index in [1.165, 1.54) is 12.1 Å². The first-order valence-electron chi connectivity index (χ1n) is 9.11. The lowest BCUT2D eigenvalue weighted by molar-refractivity contribution is 0.425. The maximum atomic E-state index is 14.0. The minimum absolute atomic E-state index is 0.0181. The van der Waals surface area contributed by atoms with Crippen LogP contribution < -0.4 is 0 Å². The number of nitrogens with zero attached hydrogens (tertiary/aromatic N) is 6. The summed E-state index contributed by atoms with van der Waals surface area (Å²) in [6.07, 6.45) is 3.27. The molecule has 3 aromatic rings. The maximum Gasteiger partial charge on any atom is 0.257 e. The molecule has 2 aliphatic rings. The normalized spacial score (nSPS) is 11.3. The Balaban J connectivity index is 1.40. The smallest absolute Gasteiger partial charge is 0.257 e. The lowest BCUT2D eigenvalue weighted by atomic mass is 10.1. The van der Waals surface area contributed by atoms with Gasteiger partial charge in [-0.25, -0.2) is 18.7 Å². The fourth-order valence-electron chi connectivity index (χ4n) is 3.10. The molecule has 0 radical (unpaired) electrons. The third kappa shape index (κ3) is 3.30. The molecule has 0 saturated carbocycles. The van der Waals surface area contributed by atoms with Gasteiger partial charge in [0.15, 0.2) is 23.3 Å². The zero-order valence-electron chi connectivity index (χ0n) is 15.8. The van der Waals surface area contributed by atoms with Gasteiger partial charge in [-0.3, -0.25) is 4.68 Å². The van der Waals surface area contributed by atoms with Gasteiger partial charge in [-0.1, -0.05) is 23.4 Å². The molecule has 0 spiro atoms. The van der Waals surface area contributed by atoms with E-state index >= 15 is 0 Å². The van der Waals surface area contributed by atoms with Gasteiger partial charge in [0, 0.05) is 5.56 Å². The number of hydrogen-bond acceptors (Lipinski definition) is 6. The van der Waals surface area contributed by atoms with Gasteiger partial charge in [-0.15, -0.1) is 0 Å². The van der Waals surface area contributed by atoms with E-state index in [1.807, 2.05) is 24.3 Å². The van der Waals surface area contributed by atoms with Crippen LogP contribution in [0.4, 0.5) is 8.78 Å². The van der Waals surface area contributed by atoms with E-state index in [2.05, 4.69) is 25.2 Å². The Bertz CT molecular complexity index is 1310. The van der Waals surface area contributed by atoms with Crippen molar-refractivity contribution in [2.75, 3.05) is 0 Å². The summed E-state index contributed by atoms with van der Waals surface area (Å²) in [5.41, 5.74) is 2.90. The first-order valence-corrected chi connectivity index (χ1v) is 9.11. The van der Waals surface area contributed by atoms with Crippen LogP contribution >= 0.6 is 0 Å². The lowest BCUT2D eigenvalue weighted by Gasteiger charge is -2.07. The summed E-state index contributed by atoms with van der Waals surface area (Å²) >= 11 is 0. The predicted molar refractivity (Wildman–Crippen MR) is 103 cm³/mol. The molecule has 0 N–H and O–H groups in total. The first-order chi connectivity index (χ1) is 14.6. The van der Waals surface area contributed by atoms with Crippen molar-refractivity contribution in [2.45, 2.75) is 13.5 Å². The molecule has 30 heavy (non-hydrogen) atoms. The highest BCUT2D eigenvalue weighted by Gasteiger charge is 2.18. The molecule has 2 aliphatic heterocycles. The molecule has 148 valence electrons. The molecule has 0 saturated heterocycles. The van der Waals surface area contributed by atoms with Gasteiger partial charge in [0.1, 0.15) is 11.4 Å². The fourth-order valence-corrected chi connectivity index (χ4v) is 3.10. The predicted octanol–water partition coefficient (Wildman–Crippen LogP) is 4.13. The van der Waals surface area contributed by atoms with Crippen molar-refractivity contribution in [3.8, 4) is 34.2 Å². The molecule has 5 rings (SSSR count). The molecule has 0 amide bonds. The van der Waals surface area contributed by atoms with Crippen molar-refractivity contribution in [3.05, 3.63) is 77.9 Å². The van der Waals surface area contributed by atoms with Crippen molar-refractivity contribution in [3.63, 3.8) is 0 Å². The van der Waals surface area contributed by atoms with Crippen molar-refractivity contribution in [1.82, 2.24) is 29.9 Å². The van der Waals surface area contributed by atoms with Gasteiger partial charge in [0.05, 0.1) is 24.5 Å². The van der Waals surface area contributed by atoms with Crippen LogP contribution in [-0.4, -0.2) is 29.9 Å². The third-order valence-corrected chi connectivity index (χ3v) is 4.58. The van der Waals surface area contributed by atoms with Gasteiger partial charge in [-0.2, -0.15) is 10.1 Å². The summed E-state index contributed by atoms with van der Waals surface area (Å²) in [6, 6.07) is 11.6. The molecule has 7 nitrogen and oxygen atoms in total. The third-order valence-electron chi connectivity index (χ3n) is 4.58. The number of aryl methyl sites for hydroxylation is 1. The summed E-state index contributed by atoms with van der Waals surface area (Å²) in [4.78, 5) is 12.8. The molecule has 2 aromatic carbocycles. The zero-order valence-corrected chi connectivity index (χ0v) is 15.8. The van der Waals surface area contributed by atoms with Crippen molar-refractivity contribution in [2.24, 2.45) is 0 Å². The van der Waals surface area contributed by atoms with E-state index in [0.29, 0.717) is 29.6 Å². The van der Waals surface area contributed by atoms with Crippen LogP contribution in [0.3, 0.4) is 0 Å². The number of hydrogen-bond donors (Lipinski definition) is 0. The summed E-state index contributed by atoms with van der Waals surface area (Å²) in [6.45, 7) is 2.26. The molecule has 0 unspecified atom stereocenters. The highest BCUT2D eigenvalue weighted by atomic mass is 19.2. The van der Waals surface area contributed by atoms with Crippen molar-refractivity contribution < 1.29 is 13.3 Å². The van der Waals surface area contributed by atoms with Gasteiger partial charge in [-0.05, 0) is 36.8 Å². The van der Waals surface area contributed by atoms with Crippen molar-refractivity contribution >= 4 is 0 Å². The van der Waals surface area contributed by atoms with Crippen LogP contribution in [0.2, 0.25) is 0 Å². The fraction of sp³-hybridized carbons (Fsp3) is 0.0952. The summed E-state index contributed by atoms with van der Waals surface area (Å²) < 4.78 is 34.4. The van der Waals surface area contributed by atoms with E-state index in [1.54, 1.807) is 24.0 Å². The molecule has 3 heterocycles. The highest BCUT2D eigenvalue weighted by molar-refractivity contribution is 5.65. The van der Waals surface area contributed by atoms with Crippen LogP contribution in [0.15, 0.2) is 59.4 Å². The Hall–Kier alpha value is -4.01. The Morgan fingerprint density at radius 3 is 2.53 bits per heavy atom. The maximum absolute atomic E-state index is 14.0. The SMILES string of the molecule is Cc1noc(-c2ccc(Cn3cc4nc(-c5cccc(F)c5F)nc-4cn3)cc2)n1. The van der Waals surface area contributed by atoms with E-state index < -0.39 is 11.6 Å². The van der Waals surface area contributed by atoms with E-state index in [0.717, 1.165) is 17.2 Å². The van der Waals surface area contributed by atoms with Crippen LogP contribution in [0, 0.1) is 18.6 Å². The number of benzene rings is 2. The molecular weight excluding hydrogens is 390 g/mol. The number of rotatable bonds is 4. The molecule has 0 atom stereocenters. The molecular formula is C21H14F2N6O. The van der Waals surface area contributed by atoms with Gasteiger partial charge in [0.2, 0.25) is 0 Å². The zero-order chi connectivity index (χ0) is 20.7. The molecule has 1 aromatic heterocycles. The van der Waals surface area contributed by atoms with Crippen LogP contribution in [0.5, 0.6) is 0 Å². The average Bonchev–Trinajstić information content (AvgIpc) is 3.36. The number of halogens is 2. The second-order valence-corrected chi connectivity index (χ2v) is 6.73. The average molecular weight is 404 g/mol. The summed E-state index contributed by atoms with van der Waals surface area (Å²) in [7, 11) is 0. The second kappa shape index (κ2) is 7.11. The van der Waals surface area contributed by atoms with Crippen LogP contribution in [-0.2, 0) is 6.54 Å². The quantitative estimate of drug-likeness (QED) is 0.448. The standard InChI is InChI=1S/C21H14F2N6O/c1-12-25-21(30-28-12)14-7-5-13(6-8-14)10-29-11-18-17(9-24-29)26-20(27-18)15-3-2-4-16(22)19(15)23/h2-9,11H,10H2,1H3. The number of aromatic nitrogens is 6. The number of fused-ring (bicyclic) bond motifs is 1. The minimum Gasteiger partial charge on any atom is -0.334 e. The Kier molecular flexibility index (Phi) is 4.27. The number of imidazole rings is 1. The topological polar surface area (TPSA) is 82.5 Å². The first kappa shape index (κ1) is 18.0.